The van der Waals surface area contributed by atoms with Gasteiger partial charge in [-0.25, -0.2) is 9.59 Å². The van der Waals surface area contributed by atoms with Crippen molar-refractivity contribution in [2.75, 3.05) is 119 Å². The fraction of sp³-hybridized carbons (Fsp3) is 0.605. The molecular weight excluding hydrogens is 1210 g/mol. The second kappa shape index (κ2) is 49.5. The van der Waals surface area contributed by atoms with Crippen molar-refractivity contribution in [3.05, 3.63) is 142 Å². The number of rotatable bonds is 36. The molecule has 0 aromatic heterocycles. The summed E-state index contributed by atoms with van der Waals surface area (Å²) in [6.07, 6.45) is -0.848. The van der Waals surface area contributed by atoms with E-state index in [0.717, 1.165) is 44.5 Å². The van der Waals surface area contributed by atoms with E-state index in [-0.39, 0.29) is 157 Å². The molecule has 532 valence electrons. The van der Waals surface area contributed by atoms with Gasteiger partial charge in [0.25, 0.3) is 0 Å². The molecule has 0 amide bonds. The molecule has 2 aliphatic rings. The van der Waals surface area contributed by atoms with Gasteiger partial charge in [0.05, 0.1) is 106 Å². The van der Waals surface area contributed by atoms with Crippen LogP contribution in [0.4, 0.5) is 0 Å². The van der Waals surface area contributed by atoms with Gasteiger partial charge in [-0.15, -0.1) is 0 Å². The van der Waals surface area contributed by atoms with Crippen LogP contribution in [-0.4, -0.2) is 160 Å². The normalized spacial score (nSPS) is 13.7. The van der Waals surface area contributed by atoms with Crippen molar-refractivity contribution in [2.45, 2.75) is 189 Å². The highest BCUT2D eigenvalue weighted by Crippen LogP contribution is 2.37. The summed E-state index contributed by atoms with van der Waals surface area (Å²) >= 11 is 0. The average molecular weight is 1340 g/mol. The van der Waals surface area contributed by atoms with Crippen LogP contribution in [0.25, 0.3) is 0 Å². The summed E-state index contributed by atoms with van der Waals surface area (Å²) in [5.41, 5.74) is 7.20. The summed E-state index contributed by atoms with van der Waals surface area (Å²) in [5.74, 6) is 12.0. The first-order chi connectivity index (χ1) is 39.8. The molecule has 4 aromatic carbocycles. The Morgan fingerprint density at radius 3 is 1.01 bits per heavy atom. The Morgan fingerprint density at radius 1 is 0.387 bits per heavy atom. The minimum atomic E-state index is -1.89. The van der Waals surface area contributed by atoms with E-state index in [1.165, 1.54) is 0 Å². The Balaban J connectivity index is -0.00000258. The third-order valence-electron chi connectivity index (χ3n) is 15.2. The van der Waals surface area contributed by atoms with Crippen molar-refractivity contribution in [3.8, 4) is 23.7 Å². The first kappa shape index (κ1) is 96.6. The predicted molar refractivity (Wildman–Crippen MR) is 392 cm³/mol. The number of carbonyl (C=O) groups is 2. The minimum absolute atomic E-state index is 0. The Labute approximate surface area is 569 Å². The lowest BCUT2D eigenvalue weighted by molar-refractivity contribution is -0.156. The van der Waals surface area contributed by atoms with Crippen LogP contribution in [-0.2, 0) is 83.4 Å². The van der Waals surface area contributed by atoms with Gasteiger partial charge < -0.3 is 61.0 Å². The van der Waals surface area contributed by atoms with Gasteiger partial charge in [-0.2, -0.15) is 0 Å². The number of esters is 2. The zero-order valence-electron chi connectivity index (χ0n) is 50.8. The molecule has 0 N–H and O–H groups in total. The van der Waals surface area contributed by atoms with Gasteiger partial charge in [-0.05, 0) is 71.7 Å². The topological polar surface area (TPSA) is 154 Å². The number of hydrogen-bond donors (Lipinski definition) is 0. The Hall–Kier alpha value is -5.07. The Morgan fingerprint density at radius 2 is 0.667 bits per heavy atom. The highest BCUT2D eigenvalue weighted by Gasteiger charge is 2.38. The average Bonchev–Trinajstić information content (AvgIpc) is 0.861. The zero-order valence-corrected chi connectivity index (χ0v) is 52.8. The van der Waals surface area contributed by atoms with E-state index in [2.05, 4.69) is 91.4 Å². The molecule has 2 aliphatic carbocycles. The smallest absolute Gasteiger partial charge is 0.332 e. The van der Waals surface area contributed by atoms with Gasteiger partial charge in [0.2, 0.25) is 0 Å². The number of fused-ring (bicyclic) bond motifs is 4. The molecule has 0 spiro atoms. The van der Waals surface area contributed by atoms with Crippen molar-refractivity contribution in [2.24, 2.45) is 0 Å². The molecule has 93 heavy (non-hydrogen) atoms. The van der Waals surface area contributed by atoms with Crippen LogP contribution >= 0.6 is 0 Å². The molecule has 0 radical (unpaired) electrons. The van der Waals surface area contributed by atoms with Crippen LogP contribution in [0.2, 0.25) is 36.3 Å². The standard InChI is InChI=1S/C66H90O15Si2.10CH4/c1-65(2,3)82(7,8)78-41-37-72-47-58(48-73-38-42-79-83(9,10)66(4,5)6)77-40-36-69-35-39-76-57(45-70-31-33-74-49-63(67)80-61-43-55-23-13-11-19-51(55)27-29-53-21-15-17-25-59(53)61)46-71-32-34-75-50-64(68)81-62-44-56-24-14-12-20-52(56)28-30-54-22-16-18-26-60(54)62;;;;;;;;;;/h11-26,57-58,61-62H,31-50H2,1-10H3;10*1H4. The highest BCUT2D eigenvalue weighted by atomic mass is 28.4. The second-order valence-corrected chi connectivity index (χ2v) is 33.2. The van der Waals surface area contributed by atoms with Crippen molar-refractivity contribution in [3.63, 3.8) is 0 Å². The van der Waals surface area contributed by atoms with Crippen LogP contribution in [0, 0.1) is 23.7 Å². The molecule has 15 nitrogen and oxygen atoms in total. The fourth-order valence-electron chi connectivity index (χ4n) is 8.40. The van der Waals surface area contributed by atoms with Crippen molar-refractivity contribution in [1.29, 1.82) is 0 Å². The third kappa shape index (κ3) is 33.4. The van der Waals surface area contributed by atoms with Gasteiger partial charge in [0, 0.05) is 46.2 Å². The largest absolute Gasteiger partial charge is 0.455 e. The van der Waals surface area contributed by atoms with E-state index in [9.17, 15) is 9.59 Å². The van der Waals surface area contributed by atoms with Crippen LogP contribution in [0.15, 0.2) is 97.1 Å². The summed E-state index contributed by atoms with van der Waals surface area (Å²) in [7, 11) is -3.79. The third-order valence-corrected chi connectivity index (χ3v) is 24.3. The SMILES string of the molecule is C.C.C.C.C.C.C.C.C.C.CC(C)(C)[Si](C)(C)OCCOCC(COCCO[Si](C)(C)C(C)(C)C)OCCOCCOC(COCCOCC(=O)OC1Cc2ccccc2C#Cc2ccccc21)COCCOCC(=O)OC1Cc2ccccc2C#Cc2ccccc21. The molecule has 17 heteroatoms. The molecule has 0 saturated heterocycles. The first-order valence-electron chi connectivity index (χ1n) is 29.1. The lowest BCUT2D eigenvalue weighted by Gasteiger charge is -2.36. The number of benzene rings is 4. The predicted octanol–water partition coefficient (Wildman–Crippen LogP) is 16.8. The van der Waals surface area contributed by atoms with Crippen LogP contribution in [0.1, 0.15) is 173 Å². The lowest BCUT2D eigenvalue weighted by atomic mass is 9.92. The van der Waals surface area contributed by atoms with Gasteiger partial charge in [-0.3, -0.25) is 0 Å². The molecule has 0 fully saturated rings. The molecule has 6 rings (SSSR count). The molecule has 0 aliphatic heterocycles. The maximum absolute atomic E-state index is 13.1. The van der Waals surface area contributed by atoms with E-state index in [4.69, 9.17) is 61.0 Å². The number of carbonyl (C=O) groups excluding carboxylic acids is 2. The van der Waals surface area contributed by atoms with Gasteiger partial charge in [0.1, 0.15) is 37.6 Å². The summed E-state index contributed by atoms with van der Waals surface area (Å²) in [5, 5.41) is 0.227. The zero-order chi connectivity index (χ0) is 59.6. The summed E-state index contributed by atoms with van der Waals surface area (Å²) < 4.78 is 78.4. The Kier molecular flexibility index (Phi) is 51.4. The van der Waals surface area contributed by atoms with E-state index in [1.54, 1.807) is 0 Å². The van der Waals surface area contributed by atoms with Crippen molar-refractivity contribution >= 4 is 28.6 Å². The van der Waals surface area contributed by atoms with E-state index in [0.29, 0.717) is 65.7 Å². The molecule has 2 atom stereocenters. The molecule has 0 heterocycles. The first-order valence-corrected chi connectivity index (χ1v) is 34.9. The number of hydrogen-bond acceptors (Lipinski definition) is 15. The van der Waals surface area contributed by atoms with Crippen LogP contribution in [0.5, 0.6) is 0 Å². The quantitative estimate of drug-likeness (QED) is 0.0183. The second-order valence-electron chi connectivity index (χ2n) is 23.6. The maximum atomic E-state index is 13.1. The van der Waals surface area contributed by atoms with Crippen molar-refractivity contribution in [1.82, 2.24) is 0 Å². The summed E-state index contributed by atoms with van der Waals surface area (Å²) in [4.78, 5) is 26.3. The van der Waals surface area contributed by atoms with Crippen LogP contribution in [0.3, 0.4) is 0 Å². The monoisotopic (exact) mass is 1340 g/mol. The van der Waals surface area contributed by atoms with Gasteiger partial charge in [-0.1, -0.05) is 212 Å². The molecule has 4 aromatic rings. The molecule has 2 unspecified atom stereocenters. The Bertz CT molecular complexity index is 2570. The number of ether oxygens (including phenoxy) is 11. The molecule has 0 saturated carbocycles. The van der Waals surface area contributed by atoms with E-state index < -0.39 is 46.9 Å². The van der Waals surface area contributed by atoms with Gasteiger partial charge >= 0.3 is 11.9 Å². The fourth-order valence-corrected chi connectivity index (χ4v) is 10.4. The van der Waals surface area contributed by atoms with E-state index in [1.807, 2.05) is 97.1 Å². The molecular formula is C76H130O15Si2. The van der Waals surface area contributed by atoms with Gasteiger partial charge in [0.15, 0.2) is 16.6 Å². The van der Waals surface area contributed by atoms with E-state index >= 15 is 0 Å². The summed E-state index contributed by atoms with van der Waals surface area (Å²) in [6.45, 7) is 26.6. The maximum Gasteiger partial charge on any atom is 0.332 e. The molecule has 0 bridgehead atoms. The lowest BCUT2D eigenvalue weighted by Crippen LogP contribution is -2.42. The van der Waals surface area contributed by atoms with Crippen molar-refractivity contribution < 1.29 is 70.5 Å². The highest BCUT2D eigenvalue weighted by molar-refractivity contribution is 6.74. The summed E-state index contributed by atoms with van der Waals surface area (Å²) in [6, 6.07) is 31.2. The van der Waals surface area contributed by atoms with Crippen LogP contribution < -0.4 is 0 Å². The minimum Gasteiger partial charge on any atom is -0.455 e.